The molecule has 0 heterocycles. The summed E-state index contributed by atoms with van der Waals surface area (Å²) in [5.74, 6) is 1.60. The van der Waals surface area contributed by atoms with Crippen LogP contribution in [0.1, 0.15) is 17.2 Å². The van der Waals surface area contributed by atoms with Crippen molar-refractivity contribution in [3.63, 3.8) is 0 Å². The van der Waals surface area contributed by atoms with E-state index >= 15 is 0 Å². The van der Waals surface area contributed by atoms with E-state index in [1.807, 2.05) is 38.4 Å². The Labute approximate surface area is 181 Å². The quantitative estimate of drug-likeness (QED) is 0.463. The Kier molecular flexibility index (Phi) is 8.99. The van der Waals surface area contributed by atoms with E-state index in [1.165, 1.54) is 12.1 Å². The maximum Gasteiger partial charge on any atom is 0.422 e. The minimum atomic E-state index is -4.35. The number of benzene rings is 2. The van der Waals surface area contributed by atoms with E-state index in [1.54, 1.807) is 26.3 Å². The summed E-state index contributed by atoms with van der Waals surface area (Å²) in [7, 11) is 7.32. The highest BCUT2D eigenvalue weighted by molar-refractivity contribution is 5.79. The monoisotopic (exact) mass is 438 g/mol. The molecule has 0 fully saturated rings. The van der Waals surface area contributed by atoms with Gasteiger partial charge in [0.15, 0.2) is 12.6 Å². The topological polar surface area (TPSA) is 58.1 Å². The van der Waals surface area contributed by atoms with Crippen LogP contribution in [-0.2, 0) is 6.54 Å². The first-order valence-electron chi connectivity index (χ1n) is 9.76. The highest BCUT2D eigenvalue weighted by Crippen LogP contribution is 2.27. The van der Waals surface area contributed by atoms with Gasteiger partial charge in [0.2, 0.25) is 0 Å². The summed E-state index contributed by atoms with van der Waals surface area (Å²) in [6.45, 7) is -0.252. The molecular weight excluding hydrogens is 409 g/mol. The average Bonchev–Trinajstić information content (AvgIpc) is 2.74. The molecule has 0 aromatic heterocycles. The minimum Gasteiger partial charge on any atom is -0.496 e. The number of rotatable bonds is 9. The Morgan fingerprint density at radius 3 is 2.32 bits per heavy atom. The molecule has 6 nitrogen and oxygen atoms in total. The molecule has 0 saturated carbocycles. The average molecular weight is 438 g/mol. The minimum absolute atomic E-state index is 0.0553. The highest BCUT2D eigenvalue weighted by atomic mass is 19.4. The molecular formula is C22H29F3N4O2. The van der Waals surface area contributed by atoms with E-state index in [4.69, 9.17) is 9.47 Å². The molecule has 2 aromatic carbocycles. The predicted octanol–water partition coefficient (Wildman–Crippen LogP) is 3.60. The van der Waals surface area contributed by atoms with Gasteiger partial charge < -0.3 is 25.0 Å². The lowest BCUT2D eigenvalue weighted by Crippen LogP contribution is -2.41. The Morgan fingerprint density at radius 1 is 1.06 bits per heavy atom. The van der Waals surface area contributed by atoms with Crippen LogP contribution in [0.25, 0.3) is 0 Å². The molecule has 0 aliphatic heterocycles. The standard InChI is InChI=1S/C22H29F3N4O2/c1-26-21(27-13-16-9-11-17(12-10-16)31-15-22(23,24)25)28-14-19(29(2)3)18-7-5-6-8-20(18)30-4/h5-12,19H,13-15H2,1-4H3,(H2,26,27,28). The predicted molar refractivity (Wildman–Crippen MR) is 116 cm³/mol. The summed E-state index contributed by atoms with van der Waals surface area (Å²) < 4.78 is 46.9. The molecule has 0 spiro atoms. The molecule has 1 atom stereocenters. The van der Waals surface area contributed by atoms with Crippen molar-refractivity contribution in [2.45, 2.75) is 18.8 Å². The van der Waals surface area contributed by atoms with Gasteiger partial charge in [-0.3, -0.25) is 4.99 Å². The van der Waals surface area contributed by atoms with Gasteiger partial charge in [-0.2, -0.15) is 13.2 Å². The Balaban J connectivity index is 1.91. The first kappa shape index (κ1) is 24.3. The molecule has 2 aromatic rings. The van der Waals surface area contributed by atoms with Gasteiger partial charge in [-0.05, 0) is 37.9 Å². The Morgan fingerprint density at radius 2 is 1.74 bits per heavy atom. The SMILES string of the molecule is CN=C(NCc1ccc(OCC(F)(F)F)cc1)NCC(c1ccccc1OC)N(C)C. The third-order valence-electron chi connectivity index (χ3n) is 4.59. The van der Waals surface area contributed by atoms with Crippen molar-refractivity contribution in [1.29, 1.82) is 0 Å². The highest BCUT2D eigenvalue weighted by Gasteiger charge is 2.28. The van der Waals surface area contributed by atoms with Crippen LogP contribution in [0.5, 0.6) is 11.5 Å². The third kappa shape index (κ3) is 8.01. The lowest BCUT2D eigenvalue weighted by molar-refractivity contribution is -0.153. The van der Waals surface area contributed by atoms with Crippen LogP contribution in [0.3, 0.4) is 0 Å². The number of aliphatic imine (C=N–C) groups is 1. The largest absolute Gasteiger partial charge is 0.496 e. The van der Waals surface area contributed by atoms with Gasteiger partial charge in [-0.15, -0.1) is 0 Å². The van der Waals surface area contributed by atoms with Crippen molar-refractivity contribution < 1.29 is 22.6 Å². The number of methoxy groups -OCH3 is 1. The van der Waals surface area contributed by atoms with Crippen LogP contribution in [0.2, 0.25) is 0 Å². The second-order valence-corrected chi connectivity index (χ2v) is 7.08. The van der Waals surface area contributed by atoms with Gasteiger partial charge in [0.05, 0.1) is 13.2 Å². The summed E-state index contributed by atoms with van der Waals surface area (Å²) in [6.07, 6.45) is -4.35. The fraction of sp³-hybridized carbons (Fsp3) is 0.409. The number of guanidine groups is 1. The molecule has 170 valence electrons. The van der Waals surface area contributed by atoms with E-state index in [-0.39, 0.29) is 11.8 Å². The van der Waals surface area contributed by atoms with Gasteiger partial charge in [-0.1, -0.05) is 30.3 Å². The zero-order valence-corrected chi connectivity index (χ0v) is 18.2. The first-order chi connectivity index (χ1) is 14.7. The van der Waals surface area contributed by atoms with Gasteiger partial charge in [0.25, 0.3) is 0 Å². The van der Waals surface area contributed by atoms with Crippen LogP contribution in [0, 0.1) is 0 Å². The van der Waals surface area contributed by atoms with Crippen molar-refractivity contribution in [3.05, 3.63) is 59.7 Å². The van der Waals surface area contributed by atoms with Crippen molar-refractivity contribution in [1.82, 2.24) is 15.5 Å². The molecule has 0 aliphatic carbocycles. The number of para-hydroxylation sites is 1. The van der Waals surface area contributed by atoms with Gasteiger partial charge in [-0.25, -0.2) is 0 Å². The zero-order valence-electron chi connectivity index (χ0n) is 18.2. The van der Waals surface area contributed by atoms with Crippen LogP contribution >= 0.6 is 0 Å². The molecule has 0 saturated heterocycles. The van der Waals surface area contributed by atoms with Crippen LogP contribution < -0.4 is 20.1 Å². The molecule has 2 N–H and O–H groups in total. The zero-order chi connectivity index (χ0) is 22.9. The van der Waals surface area contributed by atoms with Gasteiger partial charge >= 0.3 is 6.18 Å². The normalized spacial score (nSPS) is 13.1. The van der Waals surface area contributed by atoms with Crippen LogP contribution in [0.15, 0.2) is 53.5 Å². The van der Waals surface area contributed by atoms with Crippen molar-refractivity contribution in [3.8, 4) is 11.5 Å². The summed E-state index contributed by atoms with van der Waals surface area (Å²) >= 11 is 0. The molecule has 0 bridgehead atoms. The van der Waals surface area contributed by atoms with E-state index < -0.39 is 12.8 Å². The molecule has 0 amide bonds. The number of alkyl halides is 3. The lowest BCUT2D eigenvalue weighted by atomic mass is 10.0. The van der Waals surface area contributed by atoms with Crippen LogP contribution in [-0.4, -0.2) is 58.4 Å². The van der Waals surface area contributed by atoms with E-state index in [0.29, 0.717) is 19.0 Å². The summed E-state index contributed by atoms with van der Waals surface area (Å²) in [5.41, 5.74) is 1.95. The number of hydrogen-bond acceptors (Lipinski definition) is 4. The summed E-state index contributed by atoms with van der Waals surface area (Å²) in [5, 5.41) is 6.52. The summed E-state index contributed by atoms with van der Waals surface area (Å²) in [6, 6.07) is 14.4. The fourth-order valence-corrected chi connectivity index (χ4v) is 2.98. The molecule has 2 rings (SSSR count). The second-order valence-electron chi connectivity index (χ2n) is 7.08. The fourth-order valence-electron chi connectivity index (χ4n) is 2.98. The number of likely N-dealkylation sites (N-methyl/N-ethyl adjacent to an activating group) is 1. The number of ether oxygens (including phenoxy) is 2. The van der Waals surface area contributed by atoms with Crippen molar-refractivity contribution >= 4 is 5.96 Å². The van der Waals surface area contributed by atoms with Gasteiger partial charge in [0, 0.05) is 25.7 Å². The Hall–Kier alpha value is -2.94. The lowest BCUT2D eigenvalue weighted by Gasteiger charge is -2.27. The van der Waals surface area contributed by atoms with E-state index in [2.05, 4.69) is 20.5 Å². The van der Waals surface area contributed by atoms with Crippen molar-refractivity contribution in [2.24, 2.45) is 4.99 Å². The van der Waals surface area contributed by atoms with Gasteiger partial charge in [0.1, 0.15) is 11.5 Å². The smallest absolute Gasteiger partial charge is 0.422 e. The maximum atomic E-state index is 12.2. The van der Waals surface area contributed by atoms with E-state index in [9.17, 15) is 13.2 Å². The first-order valence-corrected chi connectivity index (χ1v) is 9.76. The molecule has 31 heavy (non-hydrogen) atoms. The maximum absolute atomic E-state index is 12.2. The van der Waals surface area contributed by atoms with Crippen LogP contribution in [0.4, 0.5) is 13.2 Å². The van der Waals surface area contributed by atoms with E-state index in [0.717, 1.165) is 16.9 Å². The number of hydrogen-bond donors (Lipinski definition) is 2. The molecule has 1 unspecified atom stereocenters. The van der Waals surface area contributed by atoms with Crippen molar-refractivity contribution in [2.75, 3.05) is 41.4 Å². The number of nitrogens with zero attached hydrogens (tertiary/aromatic N) is 2. The molecule has 9 heteroatoms. The third-order valence-corrected chi connectivity index (χ3v) is 4.59. The second kappa shape index (κ2) is 11.5. The Bertz CT molecular complexity index is 839. The number of halogens is 3. The number of nitrogens with one attached hydrogen (secondary N) is 2. The molecule has 0 radical (unpaired) electrons. The molecule has 0 aliphatic rings. The summed E-state index contributed by atoms with van der Waals surface area (Å²) in [4.78, 5) is 6.33.